The number of carbonyl (C=O) groups excluding carboxylic acids is 3. The summed E-state index contributed by atoms with van der Waals surface area (Å²) in [7, 11) is 0. The van der Waals surface area contributed by atoms with Crippen molar-refractivity contribution in [1.29, 1.82) is 0 Å². The van der Waals surface area contributed by atoms with Gasteiger partial charge in [-0.2, -0.15) is 0 Å². The molecule has 0 heterocycles. The summed E-state index contributed by atoms with van der Waals surface area (Å²) in [6, 6.07) is 10.9. The van der Waals surface area contributed by atoms with Gasteiger partial charge in [0.25, 0.3) is 11.8 Å². The molecule has 0 aromatic heterocycles. The Balaban J connectivity index is 1.47. The standard InChI is InChI=1S/C22H22Cl2N4O3S/c23-15-8-11-17(18(24)12-15)21(31)26-22(32)28-27-20(30)14-6-9-16(10-7-14)25-19(29)13-4-2-1-3-5-13/h6-13H,1-5H2,(H,25,29)(H,27,30)(H2,26,28,31,32). The number of nitrogens with one attached hydrogen (secondary N) is 4. The van der Waals surface area contributed by atoms with Crippen molar-refractivity contribution in [1.82, 2.24) is 16.2 Å². The normalized spacial score (nSPS) is 13.7. The maximum Gasteiger partial charge on any atom is 0.269 e. The van der Waals surface area contributed by atoms with E-state index in [9.17, 15) is 14.4 Å². The molecule has 168 valence electrons. The second kappa shape index (κ2) is 11.3. The van der Waals surface area contributed by atoms with Crippen LogP contribution in [0.2, 0.25) is 10.0 Å². The summed E-state index contributed by atoms with van der Waals surface area (Å²) in [5.74, 6) is -0.937. The van der Waals surface area contributed by atoms with Gasteiger partial charge in [0.1, 0.15) is 0 Å². The third-order valence-electron chi connectivity index (χ3n) is 5.08. The van der Waals surface area contributed by atoms with Crippen LogP contribution in [0.25, 0.3) is 0 Å². The SMILES string of the molecule is O=C(NNC(=S)NC(=O)c1ccc(Cl)cc1Cl)c1ccc(NC(=O)C2CCCCC2)cc1. The Morgan fingerprint density at radius 1 is 0.875 bits per heavy atom. The highest BCUT2D eigenvalue weighted by molar-refractivity contribution is 7.80. The van der Waals surface area contributed by atoms with E-state index in [2.05, 4.69) is 21.5 Å². The van der Waals surface area contributed by atoms with Gasteiger partial charge in [0.05, 0.1) is 10.6 Å². The molecule has 10 heteroatoms. The molecule has 0 saturated heterocycles. The monoisotopic (exact) mass is 492 g/mol. The molecule has 7 nitrogen and oxygen atoms in total. The fraction of sp³-hybridized carbons (Fsp3) is 0.273. The van der Waals surface area contributed by atoms with Gasteiger partial charge in [-0.25, -0.2) is 0 Å². The maximum atomic E-state index is 12.3. The van der Waals surface area contributed by atoms with E-state index in [0.717, 1.165) is 25.7 Å². The van der Waals surface area contributed by atoms with Crippen LogP contribution in [0.1, 0.15) is 52.8 Å². The second-order valence-corrected chi connectivity index (χ2v) is 8.64. The predicted octanol–water partition coefficient (Wildman–Crippen LogP) is 4.46. The fourth-order valence-corrected chi connectivity index (χ4v) is 4.01. The van der Waals surface area contributed by atoms with Crippen LogP contribution in [0.4, 0.5) is 5.69 Å². The summed E-state index contributed by atoms with van der Waals surface area (Å²) >= 11 is 16.8. The van der Waals surface area contributed by atoms with Crippen molar-refractivity contribution < 1.29 is 14.4 Å². The molecule has 4 N–H and O–H groups in total. The van der Waals surface area contributed by atoms with Gasteiger partial charge in [-0.3, -0.25) is 30.6 Å². The number of hydrogen-bond donors (Lipinski definition) is 4. The quantitative estimate of drug-likeness (QED) is 0.372. The number of hydrogen-bond acceptors (Lipinski definition) is 4. The van der Waals surface area contributed by atoms with E-state index in [1.165, 1.54) is 24.6 Å². The molecule has 2 aromatic carbocycles. The number of amides is 3. The molecule has 1 fully saturated rings. The summed E-state index contributed by atoms with van der Waals surface area (Å²) in [5.41, 5.74) is 6.04. The van der Waals surface area contributed by atoms with Crippen molar-refractivity contribution in [3.63, 3.8) is 0 Å². The topological polar surface area (TPSA) is 99.3 Å². The summed E-state index contributed by atoms with van der Waals surface area (Å²) in [6.45, 7) is 0. The minimum Gasteiger partial charge on any atom is -0.326 e. The number of carbonyl (C=O) groups is 3. The van der Waals surface area contributed by atoms with Crippen LogP contribution in [-0.4, -0.2) is 22.8 Å². The first kappa shape index (κ1) is 24.0. The van der Waals surface area contributed by atoms with E-state index in [0.29, 0.717) is 16.3 Å². The summed E-state index contributed by atoms with van der Waals surface area (Å²) in [4.78, 5) is 36.9. The number of thiocarbonyl (C=S) groups is 1. The van der Waals surface area contributed by atoms with Gasteiger partial charge in [0.15, 0.2) is 5.11 Å². The van der Waals surface area contributed by atoms with Crippen molar-refractivity contribution in [2.75, 3.05) is 5.32 Å². The summed E-state index contributed by atoms with van der Waals surface area (Å²) < 4.78 is 0. The third kappa shape index (κ3) is 6.66. The lowest BCUT2D eigenvalue weighted by atomic mass is 9.88. The first-order valence-corrected chi connectivity index (χ1v) is 11.3. The van der Waals surface area contributed by atoms with Crippen LogP contribution in [0.15, 0.2) is 42.5 Å². The number of hydrazine groups is 1. The Morgan fingerprint density at radius 2 is 1.56 bits per heavy atom. The average Bonchev–Trinajstić information content (AvgIpc) is 2.78. The van der Waals surface area contributed by atoms with Crippen LogP contribution >= 0.6 is 35.4 Å². The third-order valence-corrected chi connectivity index (χ3v) is 5.83. The van der Waals surface area contributed by atoms with Crippen molar-refractivity contribution in [3.05, 3.63) is 63.6 Å². The highest BCUT2D eigenvalue weighted by Gasteiger charge is 2.21. The molecule has 1 aliphatic carbocycles. The number of halogens is 2. The van der Waals surface area contributed by atoms with Gasteiger partial charge in [0, 0.05) is 22.2 Å². The maximum absolute atomic E-state index is 12.3. The average molecular weight is 493 g/mol. The van der Waals surface area contributed by atoms with E-state index < -0.39 is 11.8 Å². The number of benzene rings is 2. The van der Waals surface area contributed by atoms with Gasteiger partial charge >= 0.3 is 0 Å². The Kier molecular flexibility index (Phi) is 8.44. The van der Waals surface area contributed by atoms with Gasteiger partial charge in [-0.15, -0.1) is 0 Å². The molecule has 0 radical (unpaired) electrons. The second-order valence-electron chi connectivity index (χ2n) is 7.39. The molecule has 2 aromatic rings. The minimum atomic E-state index is -0.545. The smallest absolute Gasteiger partial charge is 0.269 e. The van der Waals surface area contributed by atoms with Gasteiger partial charge in [-0.1, -0.05) is 42.5 Å². The molecule has 3 amide bonds. The molecule has 0 spiro atoms. The molecular formula is C22H22Cl2N4O3S. The Hall–Kier alpha value is -2.68. The van der Waals surface area contributed by atoms with Crippen molar-refractivity contribution in [3.8, 4) is 0 Å². The zero-order valence-electron chi connectivity index (χ0n) is 17.0. The van der Waals surface area contributed by atoms with E-state index in [-0.39, 0.29) is 27.5 Å². The summed E-state index contributed by atoms with van der Waals surface area (Å²) in [6.07, 6.45) is 5.18. The van der Waals surface area contributed by atoms with E-state index in [1.54, 1.807) is 24.3 Å². The lowest BCUT2D eigenvalue weighted by Gasteiger charge is -2.20. The van der Waals surface area contributed by atoms with Crippen LogP contribution in [0.3, 0.4) is 0 Å². The molecule has 0 atom stereocenters. The van der Waals surface area contributed by atoms with Gasteiger partial charge in [-0.05, 0) is 67.5 Å². The minimum absolute atomic E-state index is 0.0189. The largest absolute Gasteiger partial charge is 0.326 e. The fourth-order valence-electron chi connectivity index (χ4n) is 3.38. The lowest BCUT2D eigenvalue weighted by Crippen LogP contribution is -2.48. The van der Waals surface area contributed by atoms with Crippen LogP contribution in [-0.2, 0) is 4.79 Å². The van der Waals surface area contributed by atoms with Crippen molar-refractivity contribution >= 4 is 63.9 Å². The number of rotatable bonds is 4. The molecule has 1 aliphatic rings. The number of anilines is 1. The Labute approximate surface area is 201 Å². The highest BCUT2D eigenvalue weighted by atomic mass is 35.5. The molecular weight excluding hydrogens is 471 g/mol. The van der Waals surface area contributed by atoms with E-state index in [1.807, 2.05) is 0 Å². The van der Waals surface area contributed by atoms with Crippen LogP contribution in [0.5, 0.6) is 0 Å². The van der Waals surface area contributed by atoms with Gasteiger partial charge in [0.2, 0.25) is 5.91 Å². The highest BCUT2D eigenvalue weighted by Crippen LogP contribution is 2.25. The van der Waals surface area contributed by atoms with Crippen molar-refractivity contribution in [2.24, 2.45) is 5.92 Å². The predicted molar refractivity (Wildman–Crippen MR) is 129 cm³/mol. The van der Waals surface area contributed by atoms with Crippen molar-refractivity contribution in [2.45, 2.75) is 32.1 Å². The molecule has 1 saturated carbocycles. The summed E-state index contributed by atoms with van der Waals surface area (Å²) in [5, 5.41) is 5.79. The van der Waals surface area contributed by atoms with E-state index >= 15 is 0 Å². The zero-order chi connectivity index (χ0) is 23.1. The first-order valence-electron chi connectivity index (χ1n) is 10.1. The zero-order valence-corrected chi connectivity index (χ0v) is 19.4. The van der Waals surface area contributed by atoms with Crippen LogP contribution in [0, 0.1) is 5.92 Å². The van der Waals surface area contributed by atoms with Gasteiger partial charge < -0.3 is 5.32 Å². The lowest BCUT2D eigenvalue weighted by molar-refractivity contribution is -0.120. The Morgan fingerprint density at radius 3 is 2.22 bits per heavy atom. The van der Waals surface area contributed by atoms with E-state index in [4.69, 9.17) is 35.4 Å². The molecule has 3 rings (SSSR count). The molecule has 0 bridgehead atoms. The molecule has 0 aliphatic heterocycles. The Bertz CT molecular complexity index is 1020. The molecule has 32 heavy (non-hydrogen) atoms. The first-order chi connectivity index (χ1) is 15.3. The molecule has 0 unspecified atom stereocenters. The van der Waals surface area contributed by atoms with Crippen LogP contribution < -0.4 is 21.5 Å².